The highest BCUT2D eigenvalue weighted by molar-refractivity contribution is 6.04. The Kier molecular flexibility index (Phi) is 12.1. The maximum atomic E-state index is 13.2. The highest BCUT2D eigenvalue weighted by Crippen LogP contribution is 2.31. The van der Waals surface area contributed by atoms with Crippen molar-refractivity contribution in [2.24, 2.45) is 5.92 Å². The second-order valence-corrected chi connectivity index (χ2v) is 13.4. The molecule has 53 heavy (non-hydrogen) atoms. The van der Waals surface area contributed by atoms with Crippen LogP contribution < -0.4 is 20.7 Å². The third-order valence-electron chi connectivity index (χ3n) is 9.76. The minimum atomic E-state index is -0.612. The minimum absolute atomic E-state index is 0.0496. The minimum Gasteiger partial charge on any atom is -0.465 e. The molecule has 1 unspecified atom stereocenters. The van der Waals surface area contributed by atoms with Gasteiger partial charge in [-0.2, -0.15) is 0 Å². The first kappa shape index (κ1) is 37.1. The van der Waals surface area contributed by atoms with Crippen molar-refractivity contribution in [1.29, 1.82) is 0 Å². The summed E-state index contributed by atoms with van der Waals surface area (Å²) >= 11 is 0. The molecular weight excluding hydrogens is 670 g/mol. The van der Waals surface area contributed by atoms with Crippen molar-refractivity contribution in [3.05, 3.63) is 114 Å². The number of para-hydroxylation sites is 1. The van der Waals surface area contributed by atoms with Gasteiger partial charge in [0.2, 0.25) is 0 Å². The van der Waals surface area contributed by atoms with Crippen molar-refractivity contribution in [1.82, 2.24) is 14.8 Å². The summed E-state index contributed by atoms with van der Waals surface area (Å²) in [6.07, 6.45) is 5.96. The number of rotatable bonds is 13. The van der Waals surface area contributed by atoms with Crippen LogP contribution in [0.1, 0.15) is 65.8 Å². The Hall–Kier alpha value is -5.65. The number of esters is 1. The first-order valence-corrected chi connectivity index (χ1v) is 18.2. The van der Waals surface area contributed by atoms with E-state index >= 15 is 0 Å². The SMILES string of the molecule is CCC(CC)NC(=O)Nc1ccc(Oc2ccc(NC(=O)c3ccc(-n4cc(CN5CCCC(CO)C5)c5ccccc54)cc3)cc2)c(C(=O)OC)c1. The van der Waals surface area contributed by atoms with Gasteiger partial charge < -0.3 is 35.1 Å². The van der Waals surface area contributed by atoms with Crippen LogP contribution in [-0.4, -0.2) is 65.3 Å². The second kappa shape index (κ2) is 17.2. The van der Waals surface area contributed by atoms with Crippen LogP contribution in [0.15, 0.2) is 97.2 Å². The third-order valence-corrected chi connectivity index (χ3v) is 9.76. The van der Waals surface area contributed by atoms with E-state index in [1.54, 1.807) is 36.4 Å². The molecule has 4 N–H and O–H groups in total. The molecule has 1 aliphatic heterocycles. The van der Waals surface area contributed by atoms with E-state index in [9.17, 15) is 19.5 Å². The molecule has 1 atom stereocenters. The molecule has 5 aromatic rings. The lowest BCUT2D eigenvalue weighted by Gasteiger charge is -2.31. The molecule has 11 heteroatoms. The predicted octanol–water partition coefficient (Wildman–Crippen LogP) is 7.98. The first-order valence-electron chi connectivity index (χ1n) is 18.2. The third kappa shape index (κ3) is 9.05. The van der Waals surface area contributed by atoms with Crippen molar-refractivity contribution in [2.45, 2.75) is 52.1 Å². The van der Waals surface area contributed by atoms with Gasteiger partial charge in [-0.1, -0.05) is 32.0 Å². The summed E-state index contributed by atoms with van der Waals surface area (Å²) in [4.78, 5) is 40.7. The Morgan fingerprint density at radius 1 is 0.906 bits per heavy atom. The number of benzene rings is 4. The number of carbonyl (C=O) groups is 3. The molecule has 0 saturated carbocycles. The lowest BCUT2D eigenvalue weighted by Crippen LogP contribution is -2.37. The molecule has 1 aliphatic rings. The molecule has 2 heterocycles. The zero-order chi connectivity index (χ0) is 37.3. The van der Waals surface area contributed by atoms with Crippen LogP contribution in [-0.2, 0) is 11.3 Å². The molecule has 0 radical (unpaired) electrons. The second-order valence-electron chi connectivity index (χ2n) is 13.4. The zero-order valence-electron chi connectivity index (χ0n) is 30.4. The maximum absolute atomic E-state index is 13.2. The Balaban J connectivity index is 1.10. The predicted molar refractivity (Wildman–Crippen MR) is 207 cm³/mol. The molecule has 0 aliphatic carbocycles. The number of aromatic nitrogens is 1. The van der Waals surface area contributed by atoms with Crippen molar-refractivity contribution in [3.8, 4) is 17.2 Å². The Bertz CT molecular complexity index is 2040. The monoisotopic (exact) mass is 717 g/mol. The number of methoxy groups -OCH3 is 1. The number of aliphatic hydroxyl groups is 1. The number of urea groups is 1. The average Bonchev–Trinajstić information content (AvgIpc) is 3.55. The van der Waals surface area contributed by atoms with Crippen LogP contribution >= 0.6 is 0 Å². The number of hydrogen-bond acceptors (Lipinski definition) is 7. The summed E-state index contributed by atoms with van der Waals surface area (Å²) in [5, 5.41) is 19.5. The first-order chi connectivity index (χ1) is 25.8. The zero-order valence-corrected chi connectivity index (χ0v) is 30.4. The van der Waals surface area contributed by atoms with Crippen molar-refractivity contribution >= 4 is 40.2 Å². The smallest absolute Gasteiger partial charge is 0.341 e. The highest BCUT2D eigenvalue weighted by Gasteiger charge is 2.21. The summed E-state index contributed by atoms with van der Waals surface area (Å²) in [6, 6.07) is 27.1. The normalized spacial score (nSPS) is 14.5. The fourth-order valence-corrected chi connectivity index (χ4v) is 6.80. The standard InChI is InChI=1S/C42H47N5O6/c1-4-31(5-2)44-42(51)45-33-16-21-39(37(23-33)41(50)52-3)53-35-19-14-32(15-20-35)43-40(49)29-12-17-34(18-13-29)47-26-30(36-10-6-7-11-38(36)47)25-46-22-8-9-28(24-46)27-48/h6-7,10-21,23,26,28,31,48H,4-5,8-9,22,24-25,27H2,1-3H3,(H,43,49)(H2,44,45,51). The molecule has 3 amide bonds. The van der Waals surface area contributed by atoms with Gasteiger partial charge in [-0.25, -0.2) is 9.59 Å². The van der Waals surface area contributed by atoms with Crippen LogP contribution in [0.3, 0.4) is 0 Å². The molecule has 0 bridgehead atoms. The van der Waals surface area contributed by atoms with Gasteiger partial charge in [-0.15, -0.1) is 0 Å². The number of nitrogens with one attached hydrogen (secondary N) is 3. The fourth-order valence-electron chi connectivity index (χ4n) is 6.80. The Morgan fingerprint density at radius 3 is 2.36 bits per heavy atom. The average molecular weight is 718 g/mol. The van der Waals surface area contributed by atoms with Gasteiger partial charge >= 0.3 is 12.0 Å². The van der Waals surface area contributed by atoms with Crippen LogP contribution in [0.4, 0.5) is 16.2 Å². The van der Waals surface area contributed by atoms with E-state index < -0.39 is 5.97 Å². The number of piperidine rings is 1. The number of fused-ring (bicyclic) bond motifs is 1. The lowest BCUT2D eigenvalue weighted by molar-refractivity contribution is 0.0597. The fraction of sp³-hybridized carbons (Fsp3) is 0.310. The van der Waals surface area contributed by atoms with E-state index in [0.717, 1.165) is 56.5 Å². The lowest BCUT2D eigenvalue weighted by atomic mass is 9.98. The number of hydrogen-bond donors (Lipinski definition) is 4. The molecule has 4 aromatic carbocycles. The van der Waals surface area contributed by atoms with Gasteiger partial charge in [0.25, 0.3) is 5.91 Å². The van der Waals surface area contributed by atoms with E-state index in [-0.39, 0.29) is 35.9 Å². The Labute approximate surface area is 309 Å². The van der Waals surface area contributed by atoms with Gasteiger partial charge in [0.05, 0.1) is 12.6 Å². The van der Waals surface area contributed by atoms with Crippen molar-refractivity contribution in [2.75, 3.05) is 37.4 Å². The van der Waals surface area contributed by atoms with Crippen LogP contribution in [0.2, 0.25) is 0 Å². The molecule has 276 valence electrons. The molecular formula is C42H47N5O6. The van der Waals surface area contributed by atoms with Crippen molar-refractivity contribution in [3.63, 3.8) is 0 Å². The topological polar surface area (TPSA) is 134 Å². The number of likely N-dealkylation sites (tertiary alicyclic amines) is 1. The van der Waals surface area contributed by atoms with Crippen molar-refractivity contribution < 1.29 is 29.0 Å². The molecule has 1 fully saturated rings. The van der Waals surface area contributed by atoms with Gasteiger partial charge in [-0.05, 0) is 117 Å². The highest BCUT2D eigenvalue weighted by atomic mass is 16.5. The molecule has 1 aromatic heterocycles. The van der Waals surface area contributed by atoms with Gasteiger partial charge in [0.15, 0.2) is 0 Å². The van der Waals surface area contributed by atoms with E-state index in [4.69, 9.17) is 9.47 Å². The van der Waals surface area contributed by atoms with E-state index in [0.29, 0.717) is 28.6 Å². The summed E-state index contributed by atoms with van der Waals surface area (Å²) in [5.41, 5.74) is 4.95. The molecule has 0 spiro atoms. The van der Waals surface area contributed by atoms with Gasteiger partial charge in [0.1, 0.15) is 17.1 Å². The van der Waals surface area contributed by atoms with Crippen LogP contribution in [0.5, 0.6) is 11.5 Å². The largest absolute Gasteiger partial charge is 0.465 e. The summed E-state index contributed by atoms with van der Waals surface area (Å²) in [7, 11) is 1.28. The molecule has 1 saturated heterocycles. The van der Waals surface area contributed by atoms with E-state index in [1.165, 1.54) is 24.1 Å². The number of aliphatic hydroxyl groups excluding tert-OH is 1. The van der Waals surface area contributed by atoms with Crippen LogP contribution in [0.25, 0.3) is 16.6 Å². The number of carbonyl (C=O) groups excluding carboxylic acids is 3. The summed E-state index contributed by atoms with van der Waals surface area (Å²) in [6.45, 7) is 6.99. The quantitative estimate of drug-likeness (QED) is 0.0908. The van der Waals surface area contributed by atoms with Crippen LogP contribution in [0, 0.1) is 5.92 Å². The number of anilines is 2. The number of nitrogens with zero attached hydrogens (tertiary/aromatic N) is 2. The van der Waals surface area contributed by atoms with E-state index in [2.05, 4.69) is 49.8 Å². The van der Waals surface area contributed by atoms with Gasteiger partial charge in [-0.3, -0.25) is 9.69 Å². The summed E-state index contributed by atoms with van der Waals surface area (Å²) < 4.78 is 13.1. The maximum Gasteiger partial charge on any atom is 0.341 e. The molecule has 6 rings (SSSR count). The van der Waals surface area contributed by atoms with Gasteiger partial charge in [0, 0.05) is 59.9 Å². The summed E-state index contributed by atoms with van der Waals surface area (Å²) in [5.74, 6) is 0.159. The van der Waals surface area contributed by atoms with E-state index in [1.807, 2.05) is 44.2 Å². The number of amides is 3. The number of ether oxygens (including phenoxy) is 2. The molecule has 11 nitrogen and oxygen atoms in total. The Morgan fingerprint density at radius 2 is 1.64 bits per heavy atom.